The average molecular weight is 561 g/mol. The predicted octanol–water partition coefficient (Wildman–Crippen LogP) is 3.47. The summed E-state index contributed by atoms with van der Waals surface area (Å²) in [6.07, 6.45) is 4.83. The first-order valence-corrected chi connectivity index (χ1v) is 10.7. The van der Waals surface area contributed by atoms with Crippen LogP contribution in [0.15, 0.2) is 27.8 Å². The largest absolute Gasteiger partial charge is 0.461 e. The van der Waals surface area contributed by atoms with Crippen molar-refractivity contribution in [1.82, 2.24) is 31.1 Å². The van der Waals surface area contributed by atoms with Gasteiger partial charge in [-0.25, -0.2) is 9.78 Å². The van der Waals surface area contributed by atoms with E-state index < -0.39 is 11.7 Å². The molecular formula is C21H36IN7O3. The summed E-state index contributed by atoms with van der Waals surface area (Å²) in [7, 11) is 1.72. The third-order valence-electron chi connectivity index (χ3n) is 4.29. The number of aromatic nitrogens is 3. The van der Waals surface area contributed by atoms with Gasteiger partial charge in [-0.05, 0) is 39.3 Å². The number of aromatic amines is 1. The van der Waals surface area contributed by atoms with Gasteiger partial charge in [-0.3, -0.25) is 10.1 Å². The molecular weight excluding hydrogens is 525 g/mol. The number of nitrogens with one attached hydrogen (secondary N) is 4. The Kier molecular flexibility index (Phi) is 12.1. The summed E-state index contributed by atoms with van der Waals surface area (Å²) in [5.74, 6) is 2.58. The topological polar surface area (TPSA) is 129 Å². The lowest BCUT2D eigenvalue weighted by Gasteiger charge is -2.24. The molecule has 0 bridgehead atoms. The molecule has 180 valence electrons. The molecule has 0 aromatic carbocycles. The lowest BCUT2D eigenvalue weighted by molar-refractivity contribution is 0.0522. The molecule has 2 aromatic rings. The number of unbranched alkanes of at least 4 members (excludes halogenated alkanes) is 1. The van der Waals surface area contributed by atoms with Crippen LogP contribution >= 0.6 is 24.0 Å². The van der Waals surface area contributed by atoms with Gasteiger partial charge in [0, 0.05) is 32.6 Å². The second kappa shape index (κ2) is 14.0. The molecule has 0 spiro atoms. The maximum Gasteiger partial charge on any atom is 0.407 e. The highest BCUT2D eigenvalue weighted by atomic mass is 127. The van der Waals surface area contributed by atoms with Gasteiger partial charge >= 0.3 is 6.09 Å². The molecule has 1 unspecified atom stereocenters. The van der Waals surface area contributed by atoms with Gasteiger partial charge in [-0.2, -0.15) is 5.10 Å². The Hall–Kier alpha value is -2.31. The second-order valence-electron chi connectivity index (χ2n) is 8.20. The normalized spacial score (nSPS) is 12.6. The van der Waals surface area contributed by atoms with E-state index in [-0.39, 0.29) is 30.0 Å². The number of halogens is 1. The fraction of sp³-hybridized carbons (Fsp3) is 0.619. The van der Waals surface area contributed by atoms with Crippen molar-refractivity contribution in [1.29, 1.82) is 0 Å². The van der Waals surface area contributed by atoms with Gasteiger partial charge in [0.2, 0.25) is 5.82 Å². The fourth-order valence-electron chi connectivity index (χ4n) is 2.81. The van der Waals surface area contributed by atoms with Gasteiger partial charge in [0.05, 0.1) is 6.26 Å². The Morgan fingerprint density at radius 3 is 2.75 bits per heavy atom. The van der Waals surface area contributed by atoms with Crippen LogP contribution in [0.3, 0.4) is 0 Å². The van der Waals surface area contributed by atoms with Gasteiger partial charge < -0.3 is 25.1 Å². The smallest absolute Gasteiger partial charge is 0.407 e. The van der Waals surface area contributed by atoms with E-state index >= 15 is 0 Å². The zero-order valence-corrected chi connectivity index (χ0v) is 21.9. The molecule has 2 aromatic heterocycles. The molecule has 0 aliphatic carbocycles. The fourth-order valence-corrected chi connectivity index (χ4v) is 2.81. The number of carbonyl (C=O) groups is 1. The molecule has 0 radical (unpaired) electrons. The molecule has 1 atom stereocenters. The maximum atomic E-state index is 12.0. The number of hydrogen-bond donors (Lipinski definition) is 4. The van der Waals surface area contributed by atoms with E-state index in [0.29, 0.717) is 37.1 Å². The molecule has 1 amide bonds. The van der Waals surface area contributed by atoms with E-state index in [0.717, 1.165) is 25.1 Å². The molecule has 10 nitrogen and oxygen atoms in total. The first-order valence-electron chi connectivity index (χ1n) is 10.7. The molecule has 11 heteroatoms. The minimum absolute atomic E-state index is 0. The Labute approximate surface area is 206 Å². The van der Waals surface area contributed by atoms with Crippen LogP contribution in [0.5, 0.6) is 0 Å². The van der Waals surface area contributed by atoms with E-state index in [4.69, 9.17) is 9.15 Å². The zero-order chi connectivity index (χ0) is 22.7. The lowest BCUT2D eigenvalue weighted by atomic mass is 10.1. The molecule has 0 saturated carbocycles. The zero-order valence-electron chi connectivity index (χ0n) is 19.5. The molecule has 0 aliphatic rings. The van der Waals surface area contributed by atoms with Crippen LogP contribution < -0.4 is 16.0 Å². The average Bonchev–Trinajstić information content (AvgIpc) is 3.39. The number of rotatable bonds is 10. The summed E-state index contributed by atoms with van der Waals surface area (Å²) in [4.78, 5) is 20.7. The van der Waals surface area contributed by atoms with Crippen LogP contribution in [0.1, 0.15) is 52.8 Å². The summed E-state index contributed by atoms with van der Waals surface area (Å²) < 4.78 is 10.6. The van der Waals surface area contributed by atoms with E-state index in [1.165, 1.54) is 0 Å². The van der Waals surface area contributed by atoms with Crippen LogP contribution in [0.2, 0.25) is 0 Å². The summed E-state index contributed by atoms with van der Waals surface area (Å²) in [5.41, 5.74) is -0.522. The van der Waals surface area contributed by atoms with Crippen LogP contribution in [0.4, 0.5) is 4.79 Å². The van der Waals surface area contributed by atoms with E-state index in [2.05, 4.69) is 43.0 Å². The van der Waals surface area contributed by atoms with Crippen molar-refractivity contribution >= 4 is 36.0 Å². The van der Waals surface area contributed by atoms with Gasteiger partial charge in [0.15, 0.2) is 11.7 Å². The Bertz CT molecular complexity index is 816. The van der Waals surface area contributed by atoms with Crippen molar-refractivity contribution in [2.75, 3.05) is 20.1 Å². The second-order valence-corrected chi connectivity index (χ2v) is 8.20. The van der Waals surface area contributed by atoms with Gasteiger partial charge in [-0.15, -0.1) is 24.0 Å². The van der Waals surface area contributed by atoms with Crippen LogP contribution in [-0.2, 0) is 11.2 Å². The molecule has 0 aliphatic heterocycles. The van der Waals surface area contributed by atoms with Gasteiger partial charge in [0.1, 0.15) is 11.4 Å². The number of alkyl carbamates (subject to hydrolysis) is 1. The number of H-pyrrole nitrogens is 1. The SMILES string of the molecule is CCCCC(CNC(=O)OC(C)(C)C)NC(=NC)NCCc1nc(-c2ccco2)n[nH]1.I. The summed E-state index contributed by atoms with van der Waals surface area (Å²) >= 11 is 0. The Balaban J connectivity index is 0.00000512. The summed E-state index contributed by atoms with van der Waals surface area (Å²) in [6.45, 7) is 8.74. The van der Waals surface area contributed by atoms with Crippen molar-refractivity contribution in [2.24, 2.45) is 4.99 Å². The first-order chi connectivity index (χ1) is 14.8. The highest BCUT2D eigenvalue weighted by Gasteiger charge is 2.18. The van der Waals surface area contributed by atoms with Gasteiger partial charge in [0.25, 0.3) is 0 Å². The van der Waals surface area contributed by atoms with Crippen molar-refractivity contribution in [2.45, 2.75) is 65.0 Å². The molecule has 2 rings (SSSR count). The van der Waals surface area contributed by atoms with Crippen LogP contribution in [0.25, 0.3) is 11.6 Å². The highest BCUT2D eigenvalue weighted by Crippen LogP contribution is 2.14. The van der Waals surface area contributed by atoms with Gasteiger partial charge in [-0.1, -0.05) is 19.8 Å². The van der Waals surface area contributed by atoms with Crippen molar-refractivity contribution < 1.29 is 13.9 Å². The summed E-state index contributed by atoms with van der Waals surface area (Å²) in [6, 6.07) is 3.66. The third-order valence-corrected chi connectivity index (χ3v) is 4.29. The number of amides is 1. The minimum Gasteiger partial charge on any atom is -0.461 e. The van der Waals surface area contributed by atoms with Crippen LogP contribution in [0, 0.1) is 0 Å². The van der Waals surface area contributed by atoms with Crippen molar-refractivity contribution in [3.05, 3.63) is 24.2 Å². The summed E-state index contributed by atoms with van der Waals surface area (Å²) in [5, 5.41) is 16.6. The Morgan fingerprint density at radius 2 is 2.12 bits per heavy atom. The molecule has 0 fully saturated rings. The number of furan rings is 1. The monoisotopic (exact) mass is 561 g/mol. The number of guanidine groups is 1. The lowest BCUT2D eigenvalue weighted by Crippen LogP contribution is -2.49. The number of hydrogen-bond acceptors (Lipinski definition) is 6. The molecule has 2 heterocycles. The molecule has 32 heavy (non-hydrogen) atoms. The standard InChI is InChI=1S/C21H35N7O3.HI/c1-6-7-9-15(14-24-20(29)31-21(2,3)4)25-19(22-5)23-12-11-17-26-18(28-27-17)16-10-8-13-30-16;/h8,10,13,15H,6-7,9,11-12,14H2,1-5H3,(H,24,29)(H2,22,23,25)(H,26,27,28);1H. The number of carbonyl (C=O) groups excluding carboxylic acids is 1. The Morgan fingerprint density at radius 1 is 1.34 bits per heavy atom. The molecule has 0 saturated heterocycles. The third kappa shape index (κ3) is 10.3. The highest BCUT2D eigenvalue weighted by molar-refractivity contribution is 14.0. The number of ether oxygens (including phenoxy) is 1. The van der Waals surface area contributed by atoms with Crippen molar-refractivity contribution in [3.63, 3.8) is 0 Å². The first kappa shape index (κ1) is 27.7. The van der Waals surface area contributed by atoms with Crippen LogP contribution in [-0.4, -0.2) is 59.0 Å². The van der Waals surface area contributed by atoms with E-state index in [1.807, 2.05) is 26.8 Å². The van der Waals surface area contributed by atoms with E-state index in [1.54, 1.807) is 19.4 Å². The van der Waals surface area contributed by atoms with Crippen molar-refractivity contribution in [3.8, 4) is 11.6 Å². The van der Waals surface area contributed by atoms with E-state index in [9.17, 15) is 4.79 Å². The minimum atomic E-state index is -0.522. The predicted molar refractivity (Wildman–Crippen MR) is 135 cm³/mol. The maximum absolute atomic E-state index is 12.0. The number of nitrogens with zero attached hydrogens (tertiary/aromatic N) is 3. The molecule has 4 N–H and O–H groups in total. The quantitative estimate of drug-likeness (QED) is 0.199. The number of aliphatic imine (C=N–C) groups is 1.